The molecule has 2 unspecified atom stereocenters. The fraction of sp³-hybridized carbons (Fsp3) is 1.00. The van der Waals surface area contributed by atoms with Crippen LogP contribution in [0.25, 0.3) is 0 Å². The molecular formula is C4H7BrO3S. The average Bonchev–Trinajstić information content (AvgIpc) is 1.97. The van der Waals surface area contributed by atoms with Crippen LogP contribution in [0, 0.1) is 0 Å². The highest BCUT2D eigenvalue weighted by Gasteiger charge is 2.36. The van der Waals surface area contributed by atoms with E-state index in [1.807, 2.05) is 0 Å². The molecule has 0 aromatic rings. The van der Waals surface area contributed by atoms with Crippen LogP contribution in [0.15, 0.2) is 0 Å². The molecule has 1 heterocycles. The lowest BCUT2D eigenvalue weighted by Crippen LogP contribution is -2.18. The van der Waals surface area contributed by atoms with Crippen LogP contribution >= 0.6 is 15.9 Å². The maximum Gasteiger partial charge on any atom is 0.165 e. The Morgan fingerprint density at radius 3 is 2.22 bits per heavy atom. The predicted octanol–water partition coefficient (Wildman–Crippen LogP) is -0.113. The SMILES string of the molecule is O=S1(=O)CCC(O)C1Br. The number of halogens is 1. The Balaban J connectivity index is 2.87. The second-order valence-corrected chi connectivity index (χ2v) is 5.91. The molecule has 0 aromatic carbocycles. The molecule has 0 aromatic heterocycles. The van der Waals surface area contributed by atoms with E-state index in [4.69, 9.17) is 5.11 Å². The van der Waals surface area contributed by atoms with Gasteiger partial charge in [0.25, 0.3) is 0 Å². The van der Waals surface area contributed by atoms with Crippen LogP contribution in [-0.2, 0) is 9.84 Å². The second-order valence-electron chi connectivity index (χ2n) is 2.07. The van der Waals surface area contributed by atoms with Crippen LogP contribution in [-0.4, -0.2) is 29.5 Å². The van der Waals surface area contributed by atoms with E-state index >= 15 is 0 Å². The third-order valence-corrected chi connectivity index (χ3v) is 5.47. The lowest BCUT2D eigenvalue weighted by atomic mass is 10.3. The van der Waals surface area contributed by atoms with Gasteiger partial charge < -0.3 is 5.11 Å². The molecule has 1 aliphatic rings. The maximum absolute atomic E-state index is 10.8. The van der Waals surface area contributed by atoms with Gasteiger partial charge in [-0.05, 0) is 6.42 Å². The van der Waals surface area contributed by atoms with E-state index in [1.54, 1.807) is 0 Å². The minimum Gasteiger partial charge on any atom is -0.391 e. The molecule has 0 saturated carbocycles. The van der Waals surface area contributed by atoms with Gasteiger partial charge in [-0.1, -0.05) is 15.9 Å². The van der Waals surface area contributed by atoms with E-state index in [9.17, 15) is 8.42 Å². The Bertz CT molecular complexity index is 198. The van der Waals surface area contributed by atoms with Gasteiger partial charge in [-0.2, -0.15) is 0 Å². The van der Waals surface area contributed by atoms with E-state index in [1.165, 1.54) is 0 Å². The topological polar surface area (TPSA) is 54.4 Å². The van der Waals surface area contributed by atoms with Crippen molar-refractivity contribution in [1.82, 2.24) is 0 Å². The summed E-state index contributed by atoms with van der Waals surface area (Å²) in [7, 11) is -3.01. The molecule has 0 bridgehead atoms. The summed E-state index contributed by atoms with van der Waals surface area (Å²) in [6.45, 7) is 0. The number of aliphatic hydroxyl groups is 1. The molecule has 3 nitrogen and oxygen atoms in total. The van der Waals surface area contributed by atoms with Crippen molar-refractivity contribution < 1.29 is 13.5 Å². The molecule has 1 aliphatic heterocycles. The van der Waals surface area contributed by atoms with Crippen molar-refractivity contribution in [2.45, 2.75) is 16.7 Å². The molecule has 54 valence electrons. The summed E-state index contributed by atoms with van der Waals surface area (Å²) in [6.07, 6.45) is -0.354. The van der Waals surface area contributed by atoms with E-state index < -0.39 is 20.1 Å². The standard InChI is InChI=1S/C4H7BrO3S/c5-4-3(6)1-2-9(4,7)8/h3-4,6H,1-2H2. The van der Waals surface area contributed by atoms with Gasteiger partial charge in [0.2, 0.25) is 0 Å². The Morgan fingerprint density at radius 1 is 1.56 bits per heavy atom. The highest BCUT2D eigenvalue weighted by atomic mass is 79.9. The summed E-state index contributed by atoms with van der Waals surface area (Å²) >= 11 is 2.89. The lowest BCUT2D eigenvalue weighted by Gasteiger charge is -2.02. The molecule has 5 heteroatoms. The van der Waals surface area contributed by atoms with Crippen LogP contribution in [0.1, 0.15) is 6.42 Å². The molecule has 2 atom stereocenters. The Morgan fingerprint density at radius 2 is 2.11 bits per heavy atom. The first kappa shape index (κ1) is 7.50. The fourth-order valence-corrected chi connectivity index (χ4v) is 3.00. The predicted molar refractivity (Wildman–Crippen MR) is 37.1 cm³/mol. The van der Waals surface area contributed by atoms with E-state index in [0.717, 1.165) is 0 Å². The summed E-state index contributed by atoms with van der Waals surface area (Å²) in [5.74, 6) is 0.101. The molecule has 0 radical (unpaired) electrons. The lowest BCUT2D eigenvalue weighted by molar-refractivity contribution is 0.196. The average molecular weight is 215 g/mol. The molecule has 0 aliphatic carbocycles. The van der Waals surface area contributed by atoms with E-state index in [-0.39, 0.29) is 5.75 Å². The van der Waals surface area contributed by atoms with E-state index in [0.29, 0.717) is 6.42 Å². The summed E-state index contributed by atoms with van der Waals surface area (Å²) in [5, 5.41) is 8.91. The van der Waals surface area contributed by atoms with Gasteiger partial charge in [0.15, 0.2) is 9.84 Å². The van der Waals surface area contributed by atoms with Crippen molar-refractivity contribution in [2.75, 3.05) is 5.75 Å². The van der Waals surface area contributed by atoms with Crippen molar-refractivity contribution in [1.29, 1.82) is 0 Å². The summed E-state index contributed by atoms with van der Waals surface area (Å²) in [4.78, 5) is 0. The minimum absolute atomic E-state index is 0.101. The molecule has 1 saturated heterocycles. The van der Waals surface area contributed by atoms with Crippen LogP contribution in [0.3, 0.4) is 0 Å². The van der Waals surface area contributed by atoms with Crippen molar-refractivity contribution in [3.8, 4) is 0 Å². The third kappa shape index (κ3) is 1.28. The zero-order chi connectivity index (χ0) is 7.07. The quantitative estimate of drug-likeness (QED) is 0.573. The number of aliphatic hydroxyl groups excluding tert-OH is 1. The minimum atomic E-state index is -3.01. The van der Waals surface area contributed by atoms with Crippen LogP contribution in [0.5, 0.6) is 0 Å². The molecule has 0 spiro atoms. The summed E-state index contributed by atoms with van der Waals surface area (Å²) < 4.78 is 20.8. The maximum atomic E-state index is 10.8. The van der Waals surface area contributed by atoms with Gasteiger partial charge in [-0.25, -0.2) is 8.42 Å². The Hall–Kier alpha value is 0.390. The van der Waals surface area contributed by atoms with Crippen molar-refractivity contribution in [3.05, 3.63) is 0 Å². The summed E-state index contributed by atoms with van der Waals surface area (Å²) in [5.41, 5.74) is 0. The number of sulfone groups is 1. The number of hydrogen-bond acceptors (Lipinski definition) is 3. The third-order valence-electron chi connectivity index (χ3n) is 1.34. The normalized spacial score (nSPS) is 41.1. The zero-order valence-corrected chi connectivity index (χ0v) is 7.02. The fourth-order valence-electron chi connectivity index (χ4n) is 0.768. The van der Waals surface area contributed by atoms with Crippen molar-refractivity contribution >= 4 is 25.8 Å². The van der Waals surface area contributed by atoms with Gasteiger partial charge in [0.1, 0.15) is 4.16 Å². The van der Waals surface area contributed by atoms with Crippen molar-refractivity contribution in [3.63, 3.8) is 0 Å². The van der Waals surface area contributed by atoms with Crippen molar-refractivity contribution in [2.24, 2.45) is 0 Å². The van der Waals surface area contributed by atoms with Crippen LogP contribution in [0.4, 0.5) is 0 Å². The molecule has 9 heavy (non-hydrogen) atoms. The molecule has 0 amide bonds. The smallest absolute Gasteiger partial charge is 0.165 e. The number of hydrogen-bond donors (Lipinski definition) is 1. The largest absolute Gasteiger partial charge is 0.391 e. The van der Waals surface area contributed by atoms with Crippen LogP contribution < -0.4 is 0 Å². The van der Waals surface area contributed by atoms with Gasteiger partial charge in [0.05, 0.1) is 11.9 Å². The first-order valence-electron chi connectivity index (χ1n) is 2.58. The number of rotatable bonds is 0. The summed E-state index contributed by atoms with van der Waals surface area (Å²) in [6, 6.07) is 0. The highest BCUT2D eigenvalue weighted by Crippen LogP contribution is 2.24. The first-order valence-corrected chi connectivity index (χ1v) is 5.21. The monoisotopic (exact) mass is 214 g/mol. The Labute approximate surface area is 62.1 Å². The first-order chi connectivity index (χ1) is 4.04. The Kier molecular flexibility index (Phi) is 1.84. The van der Waals surface area contributed by atoms with Gasteiger partial charge >= 0.3 is 0 Å². The van der Waals surface area contributed by atoms with Crippen LogP contribution in [0.2, 0.25) is 0 Å². The molecule has 1 rings (SSSR count). The zero-order valence-electron chi connectivity index (χ0n) is 4.62. The van der Waals surface area contributed by atoms with E-state index in [2.05, 4.69) is 15.9 Å². The van der Waals surface area contributed by atoms with Gasteiger partial charge in [-0.15, -0.1) is 0 Å². The second kappa shape index (κ2) is 2.21. The molecule has 1 N–H and O–H groups in total. The van der Waals surface area contributed by atoms with Gasteiger partial charge in [-0.3, -0.25) is 0 Å². The molecular weight excluding hydrogens is 208 g/mol. The van der Waals surface area contributed by atoms with Gasteiger partial charge in [0, 0.05) is 0 Å². The molecule has 1 fully saturated rings. The number of alkyl halides is 1. The highest BCUT2D eigenvalue weighted by molar-refractivity contribution is 9.11.